The topological polar surface area (TPSA) is 70.4 Å². The first kappa shape index (κ1) is 18.8. The van der Waals surface area contributed by atoms with Gasteiger partial charge in [0.05, 0.1) is 24.8 Å². The molecule has 1 aromatic rings. The lowest BCUT2D eigenvalue weighted by atomic mass is 9.86. The maximum absolute atomic E-state index is 12.2. The Bertz CT molecular complexity index is 598. The molecule has 6 nitrogen and oxygen atoms in total. The summed E-state index contributed by atoms with van der Waals surface area (Å²) in [6.45, 7) is 7.65. The van der Waals surface area contributed by atoms with Crippen LogP contribution in [0.15, 0.2) is 6.20 Å². The van der Waals surface area contributed by atoms with E-state index in [1.165, 1.54) is 6.20 Å². The van der Waals surface area contributed by atoms with E-state index in [9.17, 15) is 9.59 Å². The smallest absolute Gasteiger partial charge is 0.342 e. The summed E-state index contributed by atoms with van der Waals surface area (Å²) in [5, 5.41) is 4.54. The van der Waals surface area contributed by atoms with Gasteiger partial charge in [0, 0.05) is 0 Å². The van der Waals surface area contributed by atoms with E-state index in [0.717, 1.165) is 25.7 Å². The van der Waals surface area contributed by atoms with E-state index in [1.807, 2.05) is 20.8 Å². The van der Waals surface area contributed by atoms with Crippen molar-refractivity contribution in [1.29, 1.82) is 0 Å². The number of esters is 2. The minimum Gasteiger partial charge on any atom is -0.462 e. The normalized spacial score (nSPS) is 21.4. The molecule has 0 aliphatic heterocycles. The molecule has 1 aliphatic rings. The molecule has 1 aromatic heterocycles. The Morgan fingerprint density at radius 2 is 1.92 bits per heavy atom. The monoisotopic (exact) mass is 356 g/mol. The number of hydrogen-bond donors (Lipinski definition) is 0. The van der Waals surface area contributed by atoms with Gasteiger partial charge < -0.3 is 9.47 Å². The minimum absolute atomic E-state index is 0.0827. The minimum atomic E-state index is -0.465. The lowest BCUT2D eigenvalue weighted by Gasteiger charge is -2.30. The molecule has 0 bridgehead atoms. The highest BCUT2D eigenvalue weighted by Crippen LogP contribution is 2.35. The highest BCUT2D eigenvalue weighted by Gasteiger charge is 2.32. The fourth-order valence-corrected chi connectivity index (χ4v) is 3.20. The summed E-state index contributed by atoms with van der Waals surface area (Å²) in [6, 6.07) is 0.0827. The lowest BCUT2D eigenvalue weighted by Crippen LogP contribution is -2.31. The molecular formula is C17H25ClN2O4. The molecule has 1 fully saturated rings. The quantitative estimate of drug-likeness (QED) is 0.767. The second-order valence-electron chi connectivity index (χ2n) is 7.05. The van der Waals surface area contributed by atoms with Crippen LogP contribution in [0.4, 0.5) is 0 Å². The van der Waals surface area contributed by atoms with Crippen molar-refractivity contribution in [2.24, 2.45) is 5.92 Å². The van der Waals surface area contributed by atoms with Gasteiger partial charge in [0.2, 0.25) is 0 Å². The predicted octanol–water partition coefficient (Wildman–Crippen LogP) is 3.79. The fraction of sp³-hybridized carbons (Fsp3) is 0.706. The van der Waals surface area contributed by atoms with Crippen molar-refractivity contribution >= 4 is 23.5 Å². The van der Waals surface area contributed by atoms with Crippen molar-refractivity contribution in [3.05, 3.63) is 16.9 Å². The van der Waals surface area contributed by atoms with Crippen LogP contribution in [-0.2, 0) is 14.3 Å². The maximum atomic E-state index is 12.2. The highest BCUT2D eigenvalue weighted by atomic mass is 35.5. The zero-order valence-electron chi connectivity index (χ0n) is 14.7. The Hall–Kier alpha value is -1.56. The molecule has 0 amide bonds. The first-order chi connectivity index (χ1) is 11.2. The van der Waals surface area contributed by atoms with Crippen LogP contribution in [0.2, 0.25) is 5.15 Å². The molecule has 1 aliphatic carbocycles. The molecular weight excluding hydrogens is 332 g/mol. The summed E-state index contributed by atoms with van der Waals surface area (Å²) in [6.07, 6.45) is 4.44. The fourth-order valence-electron chi connectivity index (χ4n) is 2.89. The Labute approximate surface area is 147 Å². The maximum Gasteiger partial charge on any atom is 0.342 e. The molecule has 0 aromatic carbocycles. The SMILES string of the molecule is CCOC(=O)c1cnn([C@H]2CC[C@H](C(=O)OC(C)(C)C)CC2)c1Cl. The van der Waals surface area contributed by atoms with E-state index in [-0.39, 0.29) is 23.5 Å². The van der Waals surface area contributed by atoms with Crippen molar-refractivity contribution in [2.45, 2.75) is 65.0 Å². The van der Waals surface area contributed by atoms with Gasteiger partial charge in [-0.2, -0.15) is 5.10 Å². The third-order valence-corrected chi connectivity index (χ3v) is 4.39. The summed E-state index contributed by atoms with van der Waals surface area (Å²) >= 11 is 6.28. The van der Waals surface area contributed by atoms with Crippen LogP contribution in [0.3, 0.4) is 0 Å². The Morgan fingerprint density at radius 3 is 2.46 bits per heavy atom. The largest absolute Gasteiger partial charge is 0.462 e. The van der Waals surface area contributed by atoms with E-state index in [4.69, 9.17) is 21.1 Å². The van der Waals surface area contributed by atoms with Gasteiger partial charge in [-0.05, 0) is 53.4 Å². The second kappa shape index (κ2) is 7.55. The third kappa shape index (κ3) is 4.50. The standard InChI is InChI=1S/C17H25ClN2O4/c1-5-23-16(22)13-10-19-20(14(13)18)12-8-6-11(7-9-12)15(21)24-17(2,3)4/h10-12H,5-9H2,1-4H3/t11-,12-. The van der Waals surface area contributed by atoms with Crippen LogP contribution >= 0.6 is 11.6 Å². The zero-order valence-corrected chi connectivity index (χ0v) is 15.4. The summed E-state index contributed by atoms with van der Waals surface area (Å²) in [4.78, 5) is 24.0. The van der Waals surface area contributed by atoms with Crippen LogP contribution in [0, 0.1) is 5.92 Å². The number of aromatic nitrogens is 2. The molecule has 2 rings (SSSR count). The van der Waals surface area contributed by atoms with E-state index < -0.39 is 11.6 Å². The van der Waals surface area contributed by atoms with Gasteiger partial charge in [-0.1, -0.05) is 11.6 Å². The molecule has 134 valence electrons. The molecule has 1 saturated carbocycles. The Morgan fingerprint density at radius 1 is 1.29 bits per heavy atom. The van der Waals surface area contributed by atoms with Crippen LogP contribution in [-0.4, -0.2) is 33.9 Å². The predicted molar refractivity (Wildman–Crippen MR) is 90.0 cm³/mol. The van der Waals surface area contributed by atoms with Crippen LogP contribution in [0.5, 0.6) is 0 Å². The molecule has 0 saturated heterocycles. The lowest BCUT2D eigenvalue weighted by molar-refractivity contribution is -0.161. The first-order valence-corrected chi connectivity index (χ1v) is 8.73. The molecule has 0 unspecified atom stereocenters. The average Bonchev–Trinajstić information content (AvgIpc) is 2.87. The van der Waals surface area contributed by atoms with Crippen molar-refractivity contribution < 1.29 is 19.1 Å². The number of halogens is 1. The van der Waals surface area contributed by atoms with Gasteiger partial charge in [0.15, 0.2) is 0 Å². The first-order valence-electron chi connectivity index (χ1n) is 8.36. The number of ether oxygens (including phenoxy) is 2. The van der Waals surface area contributed by atoms with Crippen molar-refractivity contribution in [3.8, 4) is 0 Å². The van der Waals surface area contributed by atoms with E-state index in [0.29, 0.717) is 11.8 Å². The summed E-state index contributed by atoms with van der Waals surface area (Å²) < 4.78 is 12.1. The summed E-state index contributed by atoms with van der Waals surface area (Å²) in [5.74, 6) is -0.685. The van der Waals surface area contributed by atoms with Crippen LogP contribution < -0.4 is 0 Å². The molecule has 1 heterocycles. The van der Waals surface area contributed by atoms with Crippen LogP contribution in [0.1, 0.15) is 69.8 Å². The Balaban J connectivity index is 1.98. The number of rotatable bonds is 4. The molecule has 0 atom stereocenters. The summed E-state index contributed by atoms with van der Waals surface area (Å²) in [5.41, 5.74) is -0.180. The van der Waals surface area contributed by atoms with E-state index in [1.54, 1.807) is 11.6 Å². The third-order valence-electron chi connectivity index (χ3n) is 4.01. The van der Waals surface area contributed by atoms with Crippen molar-refractivity contribution in [3.63, 3.8) is 0 Å². The average molecular weight is 357 g/mol. The summed E-state index contributed by atoms with van der Waals surface area (Å²) in [7, 11) is 0. The molecule has 0 radical (unpaired) electrons. The number of nitrogens with zero attached hydrogens (tertiary/aromatic N) is 2. The van der Waals surface area contributed by atoms with Crippen LogP contribution in [0.25, 0.3) is 0 Å². The molecule has 0 N–H and O–H groups in total. The van der Waals surface area contributed by atoms with Crippen molar-refractivity contribution in [2.75, 3.05) is 6.61 Å². The van der Waals surface area contributed by atoms with Gasteiger partial charge in [0.1, 0.15) is 16.3 Å². The number of carbonyl (C=O) groups excluding carboxylic acids is 2. The van der Waals surface area contributed by atoms with E-state index in [2.05, 4.69) is 5.10 Å². The van der Waals surface area contributed by atoms with Gasteiger partial charge in [-0.15, -0.1) is 0 Å². The van der Waals surface area contributed by atoms with Crippen molar-refractivity contribution in [1.82, 2.24) is 9.78 Å². The van der Waals surface area contributed by atoms with Gasteiger partial charge in [-0.3, -0.25) is 9.48 Å². The molecule has 7 heteroatoms. The van der Waals surface area contributed by atoms with E-state index >= 15 is 0 Å². The van der Waals surface area contributed by atoms with Gasteiger partial charge >= 0.3 is 11.9 Å². The molecule has 24 heavy (non-hydrogen) atoms. The Kier molecular flexibility index (Phi) is 5.91. The van der Waals surface area contributed by atoms with Gasteiger partial charge in [0.25, 0.3) is 0 Å². The number of hydrogen-bond acceptors (Lipinski definition) is 5. The molecule has 0 spiro atoms. The highest BCUT2D eigenvalue weighted by molar-refractivity contribution is 6.32. The zero-order chi connectivity index (χ0) is 17.9. The second-order valence-corrected chi connectivity index (χ2v) is 7.41. The van der Waals surface area contributed by atoms with Gasteiger partial charge in [-0.25, -0.2) is 4.79 Å². The number of carbonyl (C=O) groups is 2.